The monoisotopic (exact) mass is 439 g/mol. The molecule has 0 spiro atoms. The van der Waals surface area contributed by atoms with Gasteiger partial charge in [0.25, 0.3) is 0 Å². The van der Waals surface area contributed by atoms with Crippen LogP contribution in [0.15, 0.2) is 60.7 Å². The van der Waals surface area contributed by atoms with Crippen molar-refractivity contribution in [2.45, 2.75) is 51.5 Å². The third-order valence-corrected chi connectivity index (χ3v) is 7.00. The maximum atomic E-state index is 13.4. The van der Waals surface area contributed by atoms with Crippen molar-refractivity contribution in [3.05, 3.63) is 88.5 Å². The van der Waals surface area contributed by atoms with Gasteiger partial charge < -0.3 is 10.1 Å². The lowest BCUT2D eigenvalue weighted by atomic mass is 9.86. The van der Waals surface area contributed by atoms with Gasteiger partial charge in [-0.1, -0.05) is 54.6 Å². The highest BCUT2D eigenvalue weighted by Gasteiger charge is 2.50. The zero-order valence-electron chi connectivity index (χ0n) is 19.2. The number of ketones is 1. The van der Waals surface area contributed by atoms with Crippen molar-refractivity contribution in [2.24, 2.45) is 0 Å². The first-order chi connectivity index (χ1) is 15.9. The maximum absolute atomic E-state index is 13.4. The number of nitrogens with one attached hydrogen (secondary N) is 1. The zero-order chi connectivity index (χ0) is 23.0. The van der Waals surface area contributed by atoms with E-state index in [2.05, 4.69) is 54.7 Å². The van der Waals surface area contributed by atoms with Crippen LogP contribution in [0.1, 0.15) is 47.6 Å². The Hall–Kier alpha value is -3.40. The van der Waals surface area contributed by atoms with Crippen LogP contribution in [0.25, 0.3) is 11.1 Å². The van der Waals surface area contributed by atoms with Crippen molar-refractivity contribution in [3.63, 3.8) is 0 Å². The van der Waals surface area contributed by atoms with Gasteiger partial charge in [0.15, 0.2) is 0 Å². The van der Waals surface area contributed by atoms with E-state index >= 15 is 0 Å². The van der Waals surface area contributed by atoms with E-state index in [0.29, 0.717) is 18.7 Å². The summed E-state index contributed by atoms with van der Waals surface area (Å²) in [5.74, 6) is 1.24. The average Bonchev–Trinajstić information content (AvgIpc) is 3.50. The molecule has 1 heterocycles. The number of fused-ring (bicyclic) bond motifs is 1. The number of hydrogen-bond acceptors (Lipinski definition) is 3. The molecule has 4 heteroatoms. The smallest absolute Gasteiger partial charge is 0.217 e. The molecule has 0 saturated heterocycles. The Kier molecular flexibility index (Phi) is 5.53. The SMILES string of the molecule is CC(=O)NCc1ccc(-c2cc(CC(=O)C3(c4ccc5c(c4)CCO5)CC3)ccc2C)cc1. The van der Waals surface area contributed by atoms with Gasteiger partial charge >= 0.3 is 0 Å². The van der Waals surface area contributed by atoms with Crippen LogP contribution in [0.4, 0.5) is 0 Å². The summed E-state index contributed by atoms with van der Waals surface area (Å²) in [6.07, 6.45) is 3.24. The summed E-state index contributed by atoms with van der Waals surface area (Å²) in [6.45, 7) is 4.89. The fourth-order valence-corrected chi connectivity index (χ4v) is 4.81. The van der Waals surface area contributed by atoms with Crippen LogP contribution in [-0.4, -0.2) is 18.3 Å². The first-order valence-corrected chi connectivity index (χ1v) is 11.7. The van der Waals surface area contributed by atoms with Crippen molar-refractivity contribution in [3.8, 4) is 16.9 Å². The molecule has 1 fully saturated rings. The molecule has 0 radical (unpaired) electrons. The Bertz CT molecular complexity index is 1220. The molecule has 0 bridgehead atoms. The van der Waals surface area contributed by atoms with Crippen molar-refractivity contribution in [1.29, 1.82) is 0 Å². The van der Waals surface area contributed by atoms with Gasteiger partial charge in [-0.05, 0) is 64.8 Å². The quantitative estimate of drug-likeness (QED) is 0.559. The number of amides is 1. The number of carbonyl (C=O) groups excluding carboxylic acids is 2. The molecule has 33 heavy (non-hydrogen) atoms. The molecule has 1 N–H and O–H groups in total. The standard InChI is InChI=1S/C29H29NO3/c1-19-3-4-22(15-26(19)23-7-5-21(6-8-23)18-30-20(2)31)16-28(32)29(12-13-29)25-9-10-27-24(17-25)11-14-33-27/h3-10,15,17H,11-14,16,18H2,1-2H3,(H,30,31). The number of aryl methyl sites for hydroxylation is 1. The van der Waals surface area contributed by atoms with Gasteiger partial charge in [0.2, 0.25) is 5.91 Å². The van der Waals surface area contributed by atoms with Crippen LogP contribution in [0.3, 0.4) is 0 Å². The molecular weight excluding hydrogens is 410 g/mol. The molecule has 3 aromatic rings. The second-order valence-electron chi connectivity index (χ2n) is 9.36. The summed E-state index contributed by atoms with van der Waals surface area (Å²) in [5.41, 5.74) is 7.62. The second kappa shape index (κ2) is 8.51. The van der Waals surface area contributed by atoms with Crippen LogP contribution < -0.4 is 10.1 Å². The number of benzene rings is 3. The highest BCUT2D eigenvalue weighted by molar-refractivity contribution is 5.95. The minimum absolute atomic E-state index is 0.0334. The van der Waals surface area contributed by atoms with Crippen LogP contribution in [0.2, 0.25) is 0 Å². The van der Waals surface area contributed by atoms with Gasteiger partial charge in [0.05, 0.1) is 12.0 Å². The van der Waals surface area contributed by atoms with Crippen LogP contribution in [0, 0.1) is 6.92 Å². The van der Waals surface area contributed by atoms with Gasteiger partial charge in [-0.3, -0.25) is 9.59 Å². The fourth-order valence-electron chi connectivity index (χ4n) is 4.81. The minimum Gasteiger partial charge on any atom is -0.493 e. The third-order valence-electron chi connectivity index (χ3n) is 7.00. The molecular formula is C29H29NO3. The number of ether oxygens (including phenoxy) is 1. The molecule has 4 nitrogen and oxygen atoms in total. The summed E-state index contributed by atoms with van der Waals surface area (Å²) < 4.78 is 5.64. The van der Waals surface area contributed by atoms with E-state index in [-0.39, 0.29) is 11.3 Å². The molecule has 0 atom stereocenters. The Balaban J connectivity index is 1.34. The largest absolute Gasteiger partial charge is 0.493 e. The van der Waals surface area contributed by atoms with Crippen molar-refractivity contribution in [1.82, 2.24) is 5.32 Å². The van der Waals surface area contributed by atoms with Crippen LogP contribution in [0.5, 0.6) is 5.75 Å². The van der Waals surface area contributed by atoms with Crippen molar-refractivity contribution in [2.75, 3.05) is 6.61 Å². The lowest BCUT2D eigenvalue weighted by Gasteiger charge is -2.17. The molecule has 1 amide bonds. The van der Waals surface area contributed by atoms with Gasteiger partial charge in [0.1, 0.15) is 11.5 Å². The predicted octanol–water partition coefficient (Wildman–Crippen LogP) is 5.08. The summed E-state index contributed by atoms with van der Waals surface area (Å²) in [5, 5.41) is 2.83. The lowest BCUT2D eigenvalue weighted by molar-refractivity contribution is -0.121. The summed E-state index contributed by atoms with van der Waals surface area (Å²) in [4.78, 5) is 24.6. The van der Waals surface area contributed by atoms with E-state index in [9.17, 15) is 9.59 Å². The normalized spacial score (nSPS) is 15.5. The molecule has 3 aromatic carbocycles. The Morgan fingerprint density at radius 2 is 1.73 bits per heavy atom. The highest BCUT2D eigenvalue weighted by Crippen LogP contribution is 2.50. The molecule has 168 valence electrons. The van der Waals surface area contributed by atoms with E-state index in [0.717, 1.165) is 59.4 Å². The maximum Gasteiger partial charge on any atom is 0.217 e. The van der Waals surface area contributed by atoms with E-state index in [1.807, 2.05) is 18.2 Å². The van der Waals surface area contributed by atoms with Crippen LogP contribution >= 0.6 is 0 Å². The van der Waals surface area contributed by atoms with Crippen molar-refractivity contribution >= 4 is 11.7 Å². The molecule has 0 aromatic heterocycles. The average molecular weight is 440 g/mol. The third kappa shape index (κ3) is 4.30. The number of rotatable bonds is 7. The van der Waals surface area contributed by atoms with Gasteiger partial charge in [-0.25, -0.2) is 0 Å². The molecule has 1 aliphatic carbocycles. The Morgan fingerprint density at radius 1 is 0.970 bits per heavy atom. The summed E-state index contributed by atoms with van der Waals surface area (Å²) in [7, 11) is 0. The van der Waals surface area contributed by atoms with Gasteiger partial charge in [0, 0.05) is 26.3 Å². The van der Waals surface area contributed by atoms with Gasteiger partial charge in [-0.15, -0.1) is 0 Å². The number of Topliss-reactive ketones (excluding diaryl/α,β-unsaturated/α-hetero) is 1. The second-order valence-corrected chi connectivity index (χ2v) is 9.36. The van der Waals surface area contributed by atoms with E-state index in [1.165, 1.54) is 18.1 Å². The number of hydrogen-bond donors (Lipinski definition) is 1. The molecule has 2 aliphatic rings. The molecule has 0 unspecified atom stereocenters. The minimum atomic E-state index is -0.325. The highest BCUT2D eigenvalue weighted by atomic mass is 16.5. The van der Waals surface area contributed by atoms with E-state index in [1.54, 1.807) is 0 Å². The first-order valence-electron chi connectivity index (χ1n) is 11.7. The topological polar surface area (TPSA) is 55.4 Å². The first kappa shape index (κ1) is 21.4. The Morgan fingerprint density at radius 3 is 2.45 bits per heavy atom. The molecule has 1 saturated carbocycles. The van der Waals surface area contributed by atoms with Crippen LogP contribution in [-0.2, 0) is 34.4 Å². The Labute approximate surface area is 195 Å². The molecule has 1 aliphatic heterocycles. The van der Waals surface area contributed by atoms with E-state index < -0.39 is 0 Å². The molecule has 5 rings (SSSR count). The fraction of sp³-hybridized carbons (Fsp3) is 0.310. The number of carbonyl (C=O) groups is 2. The zero-order valence-corrected chi connectivity index (χ0v) is 19.2. The summed E-state index contributed by atoms with van der Waals surface area (Å²) in [6, 6.07) is 20.9. The van der Waals surface area contributed by atoms with Crippen molar-refractivity contribution < 1.29 is 14.3 Å². The lowest BCUT2D eigenvalue weighted by Crippen LogP contribution is -2.22. The van der Waals surface area contributed by atoms with E-state index in [4.69, 9.17) is 4.74 Å². The summed E-state index contributed by atoms with van der Waals surface area (Å²) >= 11 is 0. The predicted molar refractivity (Wildman–Crippen MR) is 129 cm³/mol. The van der Waals surface area contributed by atoms with Gasteiger partial charge in [-0.2, -0.15) is 0 Å².